The van der Waals surface area contributed by atoms with Crippen LogP contribution in [-0.2, 0) is 12.6 Å². The van der Waals surface area contributed by atoms with Crippen molar-refractivity contribution in [3.63, 3.8) is 0 Å². The van der Waals surface area contributed by atoms with E-state index in [4.69, 9.17) is 4.42 Å². The Kier molecular flexibility index (Phi) is 4.53. The number of aryl methyl sites for hydroxylation is 1. The fourth-order valence-electron chi connectivity index (χ4n) is 2.33. The summed E-state index contributed by atoms with van der Waals surface area (Å²) in [6.07, 6.45) is 6.32. The number of carbonyl (C=O) groups is 1. The van der Waals surface area contributed by atoms with E-state index in [1.54, 1.807) is 55.4 Å². The fraction of sp³-hybridized carbons (Fsp3) is 0.235. The minimum Gasteiger partial charge on any atom is -0.445 e. The number of urea groups is 1. The zero-order valence-electron chi connectivity index (χ0n) is 13.9. The molecule has 2 aromatic heterocycles. The van der Waals surface area contributed by atoms with Gasteiger partial charge in [0.05, 0.1) is 18.9 Å². The third kappa shape index (κ3) is 4.04. The molecule has 0 spiro atoms. The minimum absolute atomic E-state index is 0.0456. The van der Waals surface area contributed by atoms with Crippen LogP contribution in [-0.4, -0.2) is 32.4 Å². The van der Waals surface area contributed by atoms with Gasteiger partial charge in [-0.15, -0.1) is 0 Å². The molecule has 0 radical (unpaired) electrons. The predicted octanol–water partition coefficient (Wildman–Crippen LogP) is 2.10. The van der Waals surface area contributed by atoms with Crippen molar-refractivity contribution < 1.29 is 14.3 Å². The molecule has 0 aliphatic heterocycles. The molecule has 8 nitrogen and oxygen atoms in total. The molecule has 0 saturated carbocycles. The number of rotatable bonds is 5. The van der Waals surface area contributed by atoms with E-state index in [9.17, 15) is 9.90 Å². The zero-order valence-corrected chi connectivity index (χ0v) is 13.9. The first-order valence-corrected chi connectivity index (χ1v) is 7.70. The highest BCUT2D eigenvalue weighted by atomic mass is 16.3. The van der Waals surface area contributed by atoms with Gasteiger partial charge >= 0.3 is 6.03 Å². The quantitative estimate of drug-likeness (QED) is 0.659. The van der Waals surface area contributed by atoms with Crippen molar-refractivity contribution in [3.05, 3.63) is 54.7 Å². The maximum Gasteiger partial charge on any atom is 0.319 e. The molecule has 1 unspecified atom stereocenters. The van der Waals surface area contributed by atoms with E-state index in [1.165, 1.54) is 6.26 Å². The van der Waals surface area contributed by atoms with Gasteiger partial charge in [-0.2, -0.15) is 5.10 Å². The Morgan fingerprint density at radius 2 is 2.28 bits per heavy atom. The van der Waals surface area contributed by atoms with Crippen molar-refractivity contribution >= 4 is 11.7 Å². The largest absolute Gasteiger partial charge is 0.445 e. The first-order chi connectivity index (χ1) is 11.9. The van der Waals surface area contributed by atoms with E-state index in [0.29, 0.717) is 17.1 Å². The number of aliphatic hydroxyl groups is 1. The maximum atomic E-state index is 12.1. The van der Waals surface area contributed by atoms with Gasteiger partial charge in [-0.1, -0.05) is 6.07 Å². The molecule has 0 fully saturated rings. The molecule has 0 aliphatic carbocycles. The average Bonchev–Trinajstić information content (AvgIpc) is 3.25. The van der Waals surface area contributed by atoms with Gasteiger partial charge in [0.2, 0.25) is 5.89 Å². The van der Waals surface area contributed by atoms with E-state index in [0.717, 1.165) is 5.56 Å². The number of benzene rings is 1. The first-order valence-electron chi connectivity index (χ1n) is 7.70. The van der Waals surface area contributed by atoms with E-state index in [2.05, 4.69) is 20.7 Å². The van der Waals surface area contributed by atoms with Crippen molar-refractivity contribution in [1.82, 2.24) is 20.1 Å². The summed E-state index contributed by atoms with van der Waals surface area (Å²) in [5, 5.41) is 19.9. The highest BCUT2D eigenvalue weighted by Crippen LogP contribution is 2.21. The van der Waals surface area contributed by atoms with Crippen molar-refractivity contribution in [3.8, 4) is 11.5 Å². The number of hydrogen-bond acceptors (Lipinski definition) is 5. The molecular formula is C17H19N5O3. The Hall–Kier alpha value is -3.13. The van der Waals surface area contributed by atoms with Crippen LogP contribution in [0.3, 0.4) is 0 Å². The van der Waals surface area contributed by atoms with Gasteiger partial charge in [-0.05, 0) is 25.1 Å². The summed E-state index contributed by atoms with van der Waals surface area (Å²) in [5.41, 5.74) is 0.756. The highest BCUT2D eigenvalue weighted by molar-refractivity contribution is 5.89. The van der Waals surface area contributed by atoms with Crippen molar-refractivity contribution in [2.24, 2.45) is 7.05 Å². The lowest BCUT2D eigenvalue weighted by molar-refractivity contribution is 0.0599. The number of carbonyl (C=O) groups excluding carboxylic acids is 1. The molecular weight excluding hydrogens is 322 g/mol. The Morgan fingerprint density at radius 3 is 2.96 bits per heavy atom. The minimum atomic E-state index is -1.22. The normalized spacial score (nSPS) is 13.2. The number of hydrogen-bond donors (Lipinski definition) is 3. The number of oxazole rings is 1. The standard InChI is InChI=1S/C17H19N5O3/c1-17(24,13-9-20-22(2)10-13)11-19-16(23)21-14-5-3-4-12(8-14)15-18-6-7-25-15/h3-10,24H,11H2,1-2H3,(H2,19,21,23). The summed E-state index contributed by atoms with van der Waals surface area (Å²) in [5.74, 6) is 0.476. The Morgan fingerprint density at radius 1 is 1.44 bits per heavy atom. The number of anilines is 1. The van der Waals surface area contributed by atoms with Gasteiger partial charge < -0.3 is 20.2 Å². The third-order valence-electron chi connectivity index (χ3n) is 3.72. The average molecular weight is 341 g/mol. The monoisotopic (exact) mass is 341 g/mol. The molecule has 2 heterocycles. The lowest BCUT2D eigenvalue weighted by Crippen LogP contribution is -2.40. The van der Waals surface area contributed by atoms with E-state index >= 15 is 0 Å². The number of aromatic nitrogens is 3. The smallest absolute Gasteiger partial charge is 0.319 e. The Labute approximate surface area is 144 Å². The van der Waals surface area contributed by atoms with Crippen LogP contribution in [0.15, 0.2) is 53.5 Å². The molecule has 0 bridgehead atoms. The van der Waals surface area contributed by atoms with E-state index in [1.807, 2.05) is 6.07 Å². The summed E-state index contributed by atoms with van der Waals surface area (Å²) in [7, 11) is 1.76. The van der Waals surface area contributed by atoms with Gasteiger partial charge in [0.1, 0.15) is 11.9 Å². The molecule has 8 heteroatoms. The molecule has 3 aromatic rings. The van der Waals surface area contributed by atoms with Crippen LogP contribution in [0.25, 0.3) is 11.5 Å². The maximum absolute atomic E-state index is 12.1. The molecule has 0 aliphatic rings. The predicted molar refractivity (Wildman–Crippen MR) is 91.7 cm³/mol. The van der Waals surface area contributed by atoms with Crippen LogP contribution in [0.5, 0.6) is 0 Å². The van der Waals surface area contributed by atoms with Crippen LogP contribution in [0.4, 0.5) is 10.5 Å². The lowest BCUT2D eigenvalue weighted by Gasteiger charge is -2.22. The van der Waals surface area contributed by atoms with Gasteiger partial charge in [0, 0.05) is 30.1 Å². The highest BCUT2D eigenvalue weighted by Gasteiger charge is 2.25. The molecule has 1 atom stereocenters. The second kappa shape index (κ2) is 6.78. The van der Waals surface area contributed by atoms with Crippen LogP contribution >= 0.6 is 0 Å². The zero-order chi connectivity index (χ0) is 17.9. The van der Waals surface area contributed by atoms with E-state index < -0.39 is 11.6 Å². The molecule has 2 amide bonds. The van der Waals surface area contributed by atoms with Gasteiger partial charge in [0.25, 0.3) is 0 Å². The van der Waals surface area contributed by atoms with E-state index in [-0.39, 0.29) is 6.54 Å². The SMILES string of the molecule is Cn1cc(C(C)(O)CNC(=O)Nc2cccc(-c3ncco3)c2)cn1. The van der Waals surface area contributed by atoms with Crippen LogP contribution in [0.2, 0.25) is 0 Å². The summed E-state index contributed by atoms with van der Waals surface area (Å²) >= 11 is 0. The van der Waals surface area contributed by atoms with Crippen LogP contribution in [0.1, 0.15) is 12.5 Å². The van der Waals surface area contributed by atoms with Gasteiger partial charge in [0.15, 0.2) is 0 Å². The fourth-order valence-corrected chi connectivity index (χ4v) is 2.33. The molecule has 3 N–H and O–H groups in total. The molecule has 1 aromatic carbocycles. The van der Waals surface area contributed by atoms with Crippen LogP contribution < -0.4 is 10.6 Å². The summed E-state index contributed by atoms with van der Waals surface area (Å²) in [6.45, 7) is 1.66. The van der Waals surface area contributed by atoms with Crippen molar-refractivity contribution in [1.29, 1.82) is 0 Å². The second-order valence-corrected chi connectivity index (χ2v) is 5.90. The van der Waals surface area contributed by atoms with Crippen LogP contribution in [0, 0.1) is 0 Å². The van der Waals surface area contributed by atoms with Gasteiger partial charge in [-0.3, -0.25) is 4.68 Å². The summed E-state index contributed by atoms with van der Waals surface area (Å²) < 4.78 is 6.84. The number of amides is 2. The lowest BCUT2D eigenvalue weighted by atomic mass is 10.00. The summed E-state index contributed by atoms with van der Waals surface area (Å²) in [6, 6.07) is 6.72. The van der Waals surface area contributed by atoms with Gasteiger partial charge in [-0.25, -0.2) is 9.78 Å². The Bertz CT molecular complexity index is 855. The molecule has 130 valence electrons. The topological polar surface area (TPSA) is 105 Å². The summed E-state index contributed by atoms with van der Waals surface area (Å²) in [4.78, 5) is 16.2. The third-order valence-corrected chi connectivity index (χ3v) is 3.72. The molecule has 25 heavy (non-hydrogen) atoms. The molecule has 3 rings (SSSR count). The Balaban J connectivity index is 1.60. The number of nitrogens with one attached hydrogen (secondary N) is 2. The van der Waals surface area contributed by atoms with Crippen molar-refractivity contribution in [2.75, 3.05) is 11.9 Å². The number of nitrogens with zero attached hydrogens (tertiary/aromatic N) is 3. The first kappa shape index (κ1) is 16.7. The second-order valence-electron chi connectivity index (χ2n) is 5.90. The molecule has 0 saturated heterocycles. The van der Waals surface area contributed by atoms with Crippen molar-refractivity contribution in [2.45, 2.75) is 12.5 Å².